The van der Waals surface area contributed by atoms with Crippen LogP contribution in [0.5, 0.6) is 0 Å². The van der Waals surface area contributed by atoms with E-state index in [0.29, 0.717) is 13.1 Å². The molecule has 0 aliphatic carbocycles. The van der Waals surface area contributed by atoms with Crippen molar-refractivity contribution in [2.45, 2.75) is 91.5 Å². The van der Waals surface area contributed by atoms with Crippen LogP contribution in [0.25, 0.3) is 5.53 Å². The van der Waals surface area contributed by atoms with Gasteiger partial charge in [0.05, 0.1) is 12.6 Å². The predicted octanol–water partition coefficient (Wildman–Crippen LogP) is -2.46. The molecule has 0 aromatic rings. The molecule has 2 fully saturated rings. The van der Waals surface area contributed by atoms with Crippen LogP contribution in [0, 0.1) is 18.3 Å². The Morgan fingerprint density at radius 3 is 1.65 bits per heavy atom. The molecule has 48 heavy (non-hydrogen) atoms. The topological polar surface area (TPSA) is 207 Å². The number of ether oxygens (including phenoxy) is 3. The Kier molecular flexibility index (Phi) is 32.5. The fourth-order valence-corrected chi connectivity index (χ4v) is 4.78. The number of piperidine rings is 2. The second-order valence-corrected chi connectivity index (χ2v) is 14.0. The molecule has 16 nitrogen and oxygen atoms in total. The van der Waals surface area contributed by atoms with Crippen molar-refractivity contribution in [1.29, 1.82) is 0 Å². The molecule has 0 saturated carbocycles. The Morgan fingerprint density at radius 1 is 0.938 bits per heavy atom. The number of terminal acetylenes is 1. The van der Waals surface area contributed by atoms with Gasteiger partial charge in [-0.3, -0.25) is 9.59 Å². The van der Waals surface area contributed by atoms with Crippen LogP contribution in [0.15, 0.2) is 0 Å². The van der Waals surface area contributed by atoms with Gasteiger partial charge < -0.3 is 50.2 Å². The van der Waals surface area contributed by atoms with E-state index in [1.165, 1.54) is 0 Å². The molecule has 0 radical (unpaired) electrons. The van der Waals surface area contributed by atoms with E-state index in [1.54, 1.807) is 16.9 Å². The second kappa shape index (κ2) is 28.5. The number of hydrogen-bond acceptors (Lipinski definition) is 12. The van der Waals surface area contributed by atoms with Crippen LogP contribution in [0.4, 0.5) is 9.59 Å². The average molecular weight is 757 g/mol. The minimum atomic E-state index is -3.70. The van der Waals surface area contributed by atoms with Crippen LogP contribution in [0.3, 0.4) is 0 Å². The number of nitrogens with zero attached hydrogens (tertiary/aromatic N) is 4. The maximum absolute atomic E-state index is 11.7. The first kappa shape index (κ1) is 54.7. The molecule has 2 saturated heterocycles. The largest absolute Gasteiger partial charge is 1.00 e. The van der Waals surface area contributed by atoms with Crippen LogP contribution in [-0.4, -0.2) is 109 Å². The van der Waals surface area contributed by atoms with Crippen LogP contribution in [0.1, 0.15) is 75.6 Å². The van der Waals surface area contributed by atoms with E-state index in [0.717, 1.165) is 59.9 Å². The zero-order chi connectivity index (χ0) is 36.1. The monoisotopic (exact) mass is 756 g/mol. The fraction of sp³-hybridized carbons (Fsp3) is 0.759. The summed E-state index contributed by atoms with van der Waals surface area (Å²) >= 11 is 0. The van der Waals surface area contributed by atoms with E-state index in [4.69, 9.17) is 36.2 Å². The van der Waals surface area contributed by atoms with E-state index in [2.05, 4.69) is 24.6 Å². The molecular weight excluding hydrogens is 706 g/mol. The van der Waals surface area contributed by atoms with Crippen LogP contribution >= 0.6 is 7.60 Å². The SMILES string of the molecule is C#C[C@@H]1CCCN(C(=O)OC(C)(C)C)C1.COP(=O)(OC)C(=[N+]=[N-])C(C)=O.CO[C@@H]1CCCN(C(=O)OC(C)(C)C)C1.O=CO[O-].[H-].[K+].[K+]. The molecule has 19 heteroatoms. The van der Waals surface area contributed by atoms with Crippen molar-refractivity contribution in [2.24, 2.45) is 5.92 Å². The maximum atomic E-state index is 11.7. The van der Waals surface area contributed by atoms with Gasteiger partial charge in [-0.25, -0.2) is 14.2 Å². The minimum absolute atomic E-state index is 0. The number of ketones is 1. The van der Waals surface area contributed by atoms with Crippen molar-refractivity contribution in [1.82, 2.24) is 9.80 Å². The minimum Gasteiger partial charge on any atom is -1.00 e. The number of carbonyl (C=O) groups is 4. The molecule has 0 aromatic heterocycles. The van der Waals surface area contributed by atoms with E-state index >= 15 is 0 Å². The van der Waals surface area contributed by atoms with Gasteiger partial charge in [-0.2, -0.15) is 4.79 Å². The summed E-state index contributed by atoms with van der Waals surface area (Å²) in [6.07, 6.45) is 9.03. The number of carbonyl (C=O) groups excluding carboxylic acids is 4. The van der Waals surface area contributed by atoms with E-state index < -0.39 is 30.0 Å². The van der Waals surface area contributed by atoms with Gasteiger partial charge in [0.1, 0.15) is 11.2 Å². The Bertz CT molecular complexity index is 1120. The van der Waals surface area contributed by atoms with Gasteiger partial charge in [0.15, 0.2) is 0 Å². The van der Waals surface area contributed by atoms with Crippen molar-refractivity contribution in [3.8, 4) is 12.3 Å². The van der Waals surface area contributed by atoms with E-state index in [1.807, 2.05) is 41.5 Å². The Morgan fingerprint density at radius 2 is 1.35 bits per heavy atom. The third-order valence-electron chi connectivity index (χ3n) is 5.86. The van der Waals surface area contributed by atoms with E-state index in [-0.39, 0.29) is 135 Å². The van der Waals surface area contributed by atoms with Crippen molar-refractivity contribution in [3.05, 3.63) is 5.53 Å². The molecule has 266 valence electrons. The van der Waals surface area contributed by atoms with Gasteiger partial charge in [-0.1, -0.05) is 0 Å². The third kappa shape index (κ3) is 25.0. The molecule has 0 N–H and O–H groups in total. The molecule has 0 aromatic carbocycles. The Labute approximate surface area is 371 Å². The molecule has 2 amide bonds. The van der Waals surface area contributed by atoms with Crippen LogP contribution in [0.2, 0.25) is 0 Å². The van der Waals surface area contributed by atoms with Crippen molar-refractivity contribution < 1.29 is 166 Å². The van der Waals surface area contributed by atoms with Gasteiger partial charge in [-0.15, -0.1) is 12.3 Å². The van der Waals surface area contributed by atoms with Gasteiger partial charge in [-0.05, 0) is 67.2 Å². The first-order valence-electron chi connectivity index (χ1n) is 14.4. The quantitative estimate of drug-likeness (QED) is 0.0319. The van der Waals surface area contributed by atoms with Crippen LogP contribution in [-0.2, 0) is 42.3 Å². The van der Waals surface area contributed by atoms with Gasteiger partial charge in [0.2, 0.25) is 5.78 Å². The van der Waals surface area contributed by atoms with E-state index in [9.17, 15) is 18.9 Å². The van der Waals surface area contributed by atoms with Gasteiger partial charge in [0.25, 0.3) is 6.47 Å². The number of methoxy groups -OCH3 is 1. The summed E-state index contributed by atoms with van der Waals surface area (Å²) in [5.41, 5.74) is 6.88. The Balaban J connectivity index is -0.000000183. The summed E-state index contributed by atoms with van der Waals surface area (Å²) in [4.78, 5) is 51.4. The predicted molar refractivity (Wildman–Crippen MR) is 166 cm³/mol. The summed E-state index contributed by atoms with van der Waals surface area (Å²) in [6.45, 7) is 15.0. The van der Waals surface area contributed by atoms with Crippen molar-refractivity contribution >= 4 is 37.5 Å². The molecule has 2 atom stereocenters. The van der Waals surface area contributed by atoms with Gasteiger partial charge >= 0.3 is 128 Å². The van der Waals surface area contributed by atoms with Crippen molar-refractivity contribution in [2.75, 3.05) is 47.5 Å². The normalized spacial score (nSPS) is 17.0. The number of hydrogen-bond donors (Lipinski definition) is 0. The number of amides is 2. The zero-order valence-electron chi connectivity index (χ0n) is 31.6. The molecule has 2 rings (SSSR count). The maximum Gasteiger partial charge on any atom is 1.00 e. The summed E-state index contributed by atoms with van der Waals surface area (Å²) in [7, 11) is 0.178. The molecule has 2 heterocycles. The standard InChI is InChI=1S/C12H19NO2.C11H21NO3.C5H9N2O4P.CH2O3.2K.H/c1-5-10-7-6-8-13(9-10)11(14)15-12(2,3)4;1-11(2,3)15-10(13)12-7-5-6-9(8-12)14-4;1-4(8)5(7-6)12(9,10-2)11-3;2-1-4-3;;;/h1,10H,6-9H2,2-4H3;9H,5-8H2,1-4H3;1-3H3;1,3H;;;/q;;;;2*+1;-1/p-1/t10-;9-;;;;;/m11...../s1. The average Bonchev–Trinajstić information content (AvgIpc) is 3.00. The summed E-state index contributed by atoms with van der Waals surface area (Å²) in [5.74, 6) is 2.23. The Hall–Kier alpha value is -0.0373. The molecule has 2 aliphatic heterocycles. The molecule has 0 unspecified atom stereocenters. The number of rotatable bonds is 6. The number of Topliss-reactive ketones (excluding diaryl/α,β-unsaturated/α-hetero) is 1. The molecule has 0 spiro atoms. The van der Waals surface area contributed by atoms with Crippen LogP contribution < -0.4 is 108 Å². The zero-order valence-corrected chi connectivity index (χ0v) is 37.7. The summed E-state index contributed by atoms with van der Waals surface area (Å²) in [6, 6.07) is 0. The molecule has 2 aliphatic rings. The second-order valence-electron chi connectivity index (χ2n) is 11.9. The molecular formula is C29H51K2N4O12P. The first-order valence-corrected chi connectivity index (χ1v) is 15.9. The van der Waals surface area contributed by atoms with Gasteiger partial charge in [0, 0.05) is 53.8 Å². The molecule has 0 bridgehead atoms. The summed E-state index contributed by atoms with van der Waals surface area (Å²) < 4.78 is 36.1. The smallest absolute Gasteiger partial charge is 1.00 e. The summed E-state index contributed by atoms with van der Waals surface area (Å²) in [5, 5.41) is 8.43. The fourth-order valence-electron chi connectivity index (χ4n) is 3.79. The first-order chi connectivity index (χ1) is 21.3. The number of likely N-dealkylation sites (tertiary alicyclic amines) is 2. The van der Waals surface area contributed by atoms with Crippen molar-refractivity contribution in [3.63, 3.8) is 0 Å². The third-order valence-corrected chi connectivity index (χ3v) is 7.75.